The van der Waals surface area contributed by atoms with Gasteiger partial charge in [-0.2, -0.15) is 16.9 Å². The van der Waals surface area contributed by atoms with Gasteiger partial charge in [0.15, 0.2) is 5.82 Å². The van der Waals surface area contributed by atoms with Crippen molar-refractivity contribution in [3.8, 4) is 0 Å². The summed E-state index contributed by atoms with van der Waals surface area (Å²) >= 11 is 2.09. The van der Waals surface area contributed by atoms with Crippen LogP contribution in [-0.2, 0) is 12.8 Å². The molecule has 3 heterocycles. The first-order valence-corrected chi connectivity index (χ1v) is 8.00. The summed E-state index contributed by atoms with van der Waals surface area (Å²) in [4.78, 5) is 4.74. The Labute approximate surface area is 107 Å². The SMILES string of the molecule is CC1CCCc2nc(CC3CCSCC3)nn21. The predicted octanol–water partition coefficient (Wildman–Crippen LogP) is 2.86. The number of fused-ring (bicyclic) bond motifs is 1. The van der Waals surface area contributed by atoms with Crippen LogP contribution in [0, 0.1) is 5.92 Å². The Bertz CT molecular complexity index is 382. The van der Waals surface area contributed by atoms with Gasteiger partial charge in [-0.25, -0.2) is 9.67 Å². The van der Waals surface area contributed by atoms with Gasteiger partial charge in [-0.1, -0.05) is 0 Å². The quantitative estimate of drug-likeness (QED) is 0.810. The summed E-state index contributed by atoms with van der Waals surface area (Å²) in [7, 11) is 0. The van der Waals surface area contributed by atoms with E-state index in [2.05, 4.69) is 23.4 Å². The van der Waals surface area contributed by atoms with Crippen LogP contribution in [-0.4, -0.2) is 26.3 Å². The number of aromatic nitrogens is 3. The summed E-state index contributed by atoms with van der Waals surface area (Å²) in [6.45, 7) is 2.26. The van der Waals surface area contributed by atoms with E-state index >= 15 is 0 Å². The lowest BCUT2D eigenvalue weighted by atomic mass is 9.99. The van der Waals surface area contributed by atoms with E-state index in [0.717, 1.165) is 24.6 Å². The highest BCUT2D eigenvalue weighted by atomic mass is 32.2. The standard InChI is InChI=1S/C13H21N3S/c1-10-3-2-4-13-14-12(15-16(10)13)9-11-5-7-17-8-6-11/h10-11H,2-9H2,1H3. The first-order valence-electron chi connectivity index (χ1n) is 6.85. The van der Waals surface area contributed by atoms with Crippen molar-refractivity contribution in [1.29, 1.82) is 0 Å². The lowest BCUT2D eigenvalue weighted by Gasteiger charge is -2.19. The van der Waals surface area contributed by atoms with Crippen molar-refractivity contribution >= 4 is 11.8 Å². The molecule has 1 saturated heterocycles. The summed E-state index contributed by atoms with van der Waals surface area (Å²) in [5.74, 6) is 5.81. The Kier molecular flexibility index (Phi) is 3.41. The molecule has 17 heavy (non-hydrogen) atoms. The fourth-order valence-electron chi connectivity index (χ4n) is 2.90. The van der Waals surface area contributed by atoms with Gasteiger partial charge in [0, 0.05) is 12.8 Å². The molecule has 1 unspecified atom stereocenters. The molecule has 3 nitrogen and oxygen atoms in total. The molecule has 0 bridgehead atoms. The average molecular weight is 251 g/mol. The number of rotatable bonds is 2. The second-order valence-corrected chi connectivity index (χ2v) is 6.61. The normalized spacial score (nSPS) is 25.8. The number of thioether (sulfide) groups is 1. The highest BCUT2D eigenvalue weighted by Crippen LogP contribution is 2.27. The minimum Gasteiger partial charge on any atom is -0.247 e. The van der Waals surface area contributed by atoms with E-state index in [9.17, 15) is 0 Å². The highest BCUT2D eigenvalue weighted by Gasteiger charge is 2.22. The molecule has 0 aromatic carbocycles. The second-order valence-electron chi connectivity index (χ2n) is 5.39. The molecule has 1 aromatic heterocycles. The van der Waals surface area contributed by atoms with Gasteiger partial charge in [-0.15, -0.1) is 0 Å². The maximum Gasteiger partial charge on any atom is 0.151 e. The molecule has 0 saturated carbocycles. The van der Waals surface area contributed by atoms with Crippen LogP contribution in [0.1, 0.15) is 50.3 Å². The maximum atomic E-state index is 4.74. The smallest absolute Gasteiger partial charge is 0.151 e. The van der Waals surface area contributed by atoms with Gasteiger partial charge in [-0.3, -0.25) is 0 Å². The van der Waals surface area contributed by atoms with Gasteiger partial charge in [-0.05, 0) is 50.0 Å². The predicted molar refractivity (Wildman–Crippen MR) is 71.4 cm³/mol. The monoisotopic (exact) mass is 251 g/mol. The largest absolute Gasteiger partial charge is 0.247 e. The number of aryl methyl sites for hydroxylation is 1. The Morgan fingerprint density at radius 1 is 1.29 bits per heavy atom. The Morgan fingerprint density at radius 2 is 2.12 bits per heavy atom. The van der Waals surface area contributed by atoms with E-state index in [1.165, 1.54) is 43.0 Å². The molecule has 94 valence electrons. The van der Waals surface area contributed by atoms with Crippen molar-refractivity contribution in [3.63, 3.8) is 0 Å². The minimum atomic E-state index is 0.557. The third kappa shape index (κ3) is 2.51. The van der Waals surface area contributed by atoms with Crippen LogP contribution in [0.5, 0.6) is 0 Å². The van der Waals surface area contributed by atoms with Gasteiger partial charge in [0.1, 0.15) is 5.82 Å². The topological polar surface area (TPSA) is 30.7 Å². The van der Waals surface area contributed by atoms with E-state index in [0.29, 0.717) is 6.04 Å². The Hall–Kier alpha value is -0.510. The van der Waals surface area contributed by atoms with Crippen LogP contribution >= 0.6 is 11.8 Å². The van der Waals surface area contributed by atoms with Crippen LogP contribution in [0.15, 0.2) is 0 Å². The fourth-order valence-corrected chi connectivity index (χ4v) is 4.11. The molecule has 1 atom stereocenters. The van der Waals surface area contributed by atoms with Crippen LogP contribution in [0.2, 0.25) is 0 Å². The number of nitrogens with zero attached hydrogens (tertiary/aromatic N) is 3. The molecule has 2 aliphatic rings. The molecule has 0 amide bonds. The molecule has 1 aromatic rings. The average Bonchev–Trinajstić information content (AvgIpc) is 2.74. The summed E-state index contributed by atoms with van der Waals surface area (Å²) in [6.07, 6.45) is 7.47. The zero-order chi connectivity index (χ0) is 11.7. The van der Waals surface area contributed by atoms with Crippen molar-refractivity contribution in [2.24, 2.45) is 5.92 Å². The zero-order valence-electron chi connectivity index (χ0n) is 10.6. The summed E-state index contributed by atoms with van der Waals surface area (Å²) in [5.41, 5.74) is 0. The summed E-state index contributed by atoms with van der Waals surface area (Å²) in [6, 6.07) is 0.557. The number of hydrogen-bond acceptors (Lipinski definition) is 3. The van der Waals surface area contributed by atoms with Crippen LogP contribution in [0.4, 0.5) is 0 Å². The third-order valence-electron chi connectivity index (χ3n) is 4.00. The van der Waals surface area contributed by atoms with Gasteiger partial charge < -0.3 is 0 Å². The second kappa shape index (κ2) is 5.01. The van der Waals surface area contributed by atoms with Crippen molar-refractivity contribution in [2.75, 3.05) is 11.5 Å². The van der Waals surface area contributed by atoms with Crippen LogP contribution < -0.4 is 0 Å². The van der Waals surface area contributed by atoms with Crippen LogP contribution in [0.25, 0.3) is 0 Å². The van der Waals surface area contributed by atoms with Gasteiger partial charge in [0.05, 0.1) is 6.04 Å². The first kappa shape index (κ1) is 11.6. The molecule has 2 aliphatic heterocycles. The molecule has 4 heteroatoms. The van der Waals surface area contributed by atoms with Crippen molar-refractivity contribution in [2.45, 2.75) is 51.5 Å². The number of hydrogen-bond donors (Lipinski definition) is 0. The first-order chi connectivity index (χ1) is 8.33. The van der Waals surface area contributed by atoms with Gasteiger partial charge >= 0.3 is 0 Å². The lowest BCUT2D eigenvalue weighted by molar-refractivity contribution is 0.385. The van der Waals surface area contributed by atoms with E-state index in [-0.39, 0.29) is 0 Å². The molecule has 0 radical (unpaired) electrons. The summed E-state index contributed by atoms with van der Waals surface area (Å²) in [5, 5.41) is 4.72. The Morgan fingerprint density at radius 3 is 2.88 bits per heavy atom. The maximum absolute atomic E-state index is 4.74. The van der Waals surface area contributed by atoms with Gasteiger partial charge in [0.2, 0.25) is 0 Å². The molecule has 3 rings (SSSR count). The van der Waals surface area contributed by atoms with Gasteiger partial charge in [0.25, 0.3) is 0 Å². The zero-order valence-corrected chi connectivity index (χ0v) is 11.4. The Balaban J connectivity index is 1.71. The molecule has 0 spiro atoms. The lowest BCUT2D eigenvalue weighted by Crippen LogP contribution is -2.16. The van der Waals surface area contributed by atoms with Crippen molar-refractivity contribution in [3.05, 3.63) is 11.6 Å². The minimum absolute atomic E-state index is 0.557. The fraction of sp³-hybridized carbons (Fsp3) is 0.846. The third-order valence-corrected chi connectivity index (χ3v) is 5.05. The van der Waals surface area contributed by atoms with E-state index < -0.39 is 0 Å². The van der Waals surface area contributed by atoms with E-state index in [1.54, 1.807) is 0 Å². The van der Waals surface area contributed by atoms with Crippen molar-refractivity contribution < 1.29 is 0 Å². The van der Waals surface area contributed by atoms with Crippen molar-refractivity contribution in [1.82, 2.24) is 14.8 Å². The van der Waals surface area contributed by atoms with E-state index in [1.807, 2.05) is 0 Å². The molecule has 0 N–H and O–H groups in total. The summed E-state index contributed by atoms with van der Waals surface area (Å²) < 4.78 is 2.18. The van der Waals surface area contributed by atoms with Crippen LogP contribution in [0.3, 0.4) is 0 Å². The molecule has 0 aliphatic carbocycles. The van der Waals surface area contributed by atoms with E-state index in [4.69, 9.17) is 10.1 Å². The molecular weight excluding hydrogens is 230 g/mol. The molecular formula is C13H21N3S. The molecule has 1 fully saturated rings. The highest BCUT2D eigenvalue weighted by molar-refractivity contribution is 7.99.